The summed E-state index contributed by atoms with van der Waals surface area (Å²) < 4.78 is 32.9. The lowest BCUT2D eigenvalue weighted by Gasteiger charge is -2.30. The number of nitriles is 1. The van der Waals surface area contributed by atoms with E-state index >= 15 is 0 Å². The van der Waals surface area contributed by atoms with E-state index < -0.39 is 10.0 Å². The van der Waals surface area contributed by atoms with Gasteiger partial charge < -0.3 is 10.1 Å². The number of carbonyl (C=O) groups is 1. The van der Waals surface area contributed by atoms with Crippen LogP contribution in [0.2, 0.25) is 0 Å². The quantitative estimate of drug-likeness (QED) is 0.626. The molecule has 0 aliphatic carbocycles. The van der Waals surface area contributed by atoms with Gasteiger partial charge in [-0.3, -0.25) is 4.79 Å². The summed E-state index contributed by atoms with van der Waals surface area (Å²) >= 11 is 0. The lowest BCUT2D eigenvalue weighted by molar-refractivity contribution is -0.126. The molecule has 0 spiro atoms. The maximum absolute atomic E-state index is 12.9. The van der Waals surface area contributed by atoms with E-state index in [4.69, 9.17) is 4.74 Å². The average Bonchev–Trinajstić information content (AvgIpc) is 2.81. The molecule has 0 aromatic heterocycles. The van der Waals surface area contributed by atoms with Crippen molar-refractivity contribution < 1.29 is 17.9 Å². The van der Waals surface area contributed by atoms with Gasteiger partial charge in [-0.15, -0.1) is 0 Å². The second-order valence-corrected chi connectivity index (χ2v) is 11.1. The summed E-state index contributed by atoms with van der Waals surface area (Å²) in [5, 5.41) is 12.1. The number of ether oxygens (including phenoxy) is 1. The van der Waals surface area contributed by atoms with Gasteiger partial charge in [0.25, 0.3) is 0 Å². The number of amides is 1. The zero-order valence-corrected chi connectivity index (χ0v) is 20.2. The van der Waals surface area contributed by atoms with Gasteiger partial charge in [-0.2, -0.15) is 9.57 Å². The molecule has 1 aliphatic rings. The van der Waals surface area contributed by atoms with Crippen molar-refractivity contribution in [2.24, 2.45) is 5.92 Å². The molecule has 2 aromatic rings. The van der Waals surface area contributed by atoms with Crippen molar-refractivity contribution in [1.29, 1.82) is 5.26 Å². The number of nitrogens with zero attached hydrogens (tertiary/aromatic N) is 2. The fourth-order valence-electron chi connectivity index (χ4n) is 3.82. The molecular weight excluding hydrogens is 438 g/mol. The first kappa shape index (κ1) is 24.7. The summed E-state index contributed by atoms with van der Waals surface area (Å²) in [4.78, 5) is 12.5. The van der Waals surface area contributed by atoms with E-state index in [0.29, 0.717) is 26.0 Å². The third kappa shape index (κ3) is 6.12. The van der Waals surface area contributed by atoms with Crippen LogP contribution in [-0.2, 0) is 20.2 Å². The lowest BCUT2D eigenvalue weighted by atomic mass is 9.87. The molecule has 33 heavy (non-hydrogen) atoms. The third-order valence-electron chi connectivity index (χ3n) is 5.84. The Labute approximate surface area is 196 Å². The molecule has 0 unspecified atom stereocenters. The molecule has 3 rings (SSSR count). The molecule has 176 valence electrons. The Morgan fingerprint density at radius 1 is 1.12 bits per heavy atom. The first-order valence-corrected chi connectivity index (χ1v) is 12.6. The van der Waals surface area contributed by atoms with Crippen LogP contribution in [0.3, 0.4) is 0 Å². The van der Waals surface area contributed by atoms with Crippen LogP contribution in [0, 0.1) is 17.2 Å². The van der Waals surface area contributed by atoms with Gasteiger partial charge >= 0.3 is 0 Å². The predicted octanol–water partition coefficient (Wildman–Crippen LogP) is 3.45. The number of benzene rings is 2. The van der Waals surface area contributed by atoms with E-state index in [-0.39, 0.29) is 40.8 Å². The first-order chi connectivity index (χ1) is 15.6. The van der Waals surface area contributed by atoms with Crippen molar-refractivity contribution in [3.05, 3.63) is 59.7 Å². The molecule has 1 aliphatic heterocycles. The highest BCUT2D eigenvalue weighted by molar-refractivity contribution is 7.89. The standard InChI is InChI=1S/C25H31N3O4S/c1-25(2,3)21-8-10-22(11-9-21)32-17-14-27-24(29)19-12-15-28(16-13-19)33(30,31)23-7-5-4-6-20(23)18-26/h4-11,19H,12-17H2,1-3H3,(H,27,29). The van der Waals surface area contributed by atoms with Crippen molar-refractivity contribution in [2.45, 2.75) is 43.9 Å². The van der Waals surface area contributed by atoms with Crippen LogP contribution >= 0.6 is 0 Å². The Kier molecular flexibility index (Phi) is 7.77. The van der Waals surface area contributed by atoms with Crippen molar-refractivity contribution in [2.75, 3.05) is 26.2 Å². The number of nitrogens with one attached hydrogen (secondary N) is 1. The number of sulfonamides is 1. The van der Waals surface area contributed by atoms with Gasteiger partial charge in [-0.1, -0.05) is 45.0 Å². The smallest absolute Gasteiger partial charge is 0.244 e. The molecule has 0 radical (unpaired) electrons. The molecule has 7 nitrogen and oxygen atoms in total. The zero-order chi connectivity index (χ0) is 24.1. The van der Waals surface area contributed by atoms with Gasteiger partial charge in [-0.25, -0.2) is 8.42 Å². The molecule has 8 heteroatoms. The Morgan fingerprint density at radius 3 is 2.36 bits per heavy atom. The lowest BCUT2D eigenvalue weighted by Crippen LogP contribution is -2.43. The maximum atomic E-state index is 12.9. The largest absolute Gasteiger partial charge is 0.492 e. The second kappa shape index (κ2) is 10.4. The molecule has 2 aromatic carbocycles. The predicted molar refractivity (Wildman–Crippen MR) is 126 cm³/mol. The van der Waals surface area contributed by atoms with Crippen LogP contribution in [0.5, 0.6) is 5.75 Å². The molecule has 0 saturated carbocycles. The summed E-state index contributed by atoms with van der Waals surface area (Å²) in [7, 11) is -3.76. The monoisotopic (exact) mass is 469 g/mol. The van der Waals surface area contributed by atoms with Crippen LogP contribution in [0.4, 0.5) is 0 Å². The molecule has 1 heterocycles. The van der Waals surface area contributed by atoms with Crippen LogP contribution in [0.1, 0.15) is 44.7 Å². The number of hydrogen-bond acceptors (Lipinski definition) is 5. The van der Waals surface area contributed by atoms with Gasteiger partial charge in [0, 0.05) is 19.0 Å². The fraction of sp³-hybridized carbons (Fsp3) is 0.440. The Balaban J connectivity index is 1.45. The molecule has 0 atom stereocenters. The van der Waals surface area contributed by atoms with Gasteiger partial charge in [0.1, 0.15) is 18.4 Å². The highest BCUT2D eigenvalue weighted by atomic mass is 32.2. The van der Waals surface area contributed by atoms with Crippen molar-refractivity contribution >= 4 is 15.9 Å². The molecule has 0 bridgehead atoms. The van der Waals surface area contributed by atoms with Gasteiger partial charge in [0.15, 0.2) is 0 Å². The van der Waals surface area contributed by atoms with E-state index in [0.717, 1.165) is 5.75 Å². The van der Waals surface area contributed by atoms with Gasteiger partial charge in [0.05, 0.1) is 17.0 Å². The van der Waals surface area contributed by atoms with Gasteiger partial charge in [-0.05, 0) is 48.1 Å². The third-order valence-corrected chi connectivity index (χ3v) is 7.80. The highest BCUT2D eigenvalue weighted by Crippen LogP contribution is 2.26. The Morgan fingerprint density at radius 2 is 1.76 bits per heavy atom. The van der Waals surface area contributed by atoms with Gasteiger partial charge in [0.2, 0.25) is 15.9 Å². The summed E-state index contributed by atoms with van der Waals surface area (Å²) in [6, 6.07) is 16.1. The number of carbonyl (C=O) groups excluding carboxylic acids is 1. The minimum absolute atomic E-state index is 0.0167. The molecule has 1 amide bonds. The van der Waals surface area contributed by atoms with Crippen molar-refractivity contribution in [1.82, 2.24) is 9.62 Å². The Hall–Kier alpha value is -2.89. The normalized spacial score (nSPS) is 15.6. The van der Waals surface area contributed by atoms with E-state index in [2.05, 4.69) is 26.1 Å². The Bertz CT molecular complexity index is 1110. The SMILES string of the molecule is CC(C)(C)c1ccc(OCCNC(=O)C2CCN(S(=O)(=O)c3ccccc3C#N)CC2)cc1. The van der Waals surface area contributed by atoms with Crippen LogP contribution in [-0.4, -0.2) is 44.9 Å². The van der Waals surface area contributed by atoms with E-state index in [9.17, 15) is 18.5 Å². The van der Waals surface area contributed by atoms with Crippen molar-refractivity contribution in [3.63, 3.8) is 0 Å². The topological polar surface area (TPSA) is 99.5 Å². The van der Waals surface area contributed by atoms with Crippen molar-refractivity contribution in [3.8, 4) is 11.8 Å². The molecule has 1 N–H and O–H groups in total. The van der Waals surface area contributed by atoms with E-state index in [1.54, 1.807) is 12.1 Å². The summed E-state index contributed by atoms with van der Waals surface area (Å²) in [5.41, 5.74) is 1.44. The number of piperidine rings is 1. The molecular formula is C25H31N3O4S. The molecule has 1 saturated heterocycles. The molecule has 1 fully saturated rings. The average molecular weight is 470 g/mol. The minimum atomic E-state index is -3.76. The first-order valence-electron chi connectivity index (χ1n) is 11.1. The summed E-state index contributed by atoms with van der Waals surface area (Å²) in [6.45, 7) is 7.71. The fourth-order valence-corrected chi connectivity index (χ4v) is 5.43. The number of rotatable bonds is 7. The van der Waals surface area contributed by atoms with Crippen LogP contribution in [0.15, 0.2) is 53.4 Å². The second-order valence-electron chi connectivity index (χ2n) is 9.20. The van der Waals surface area contributed by atoms with E-state index in [1.165, 1.54) is 22.0 Å². The van der Waals surface area contributed by atoms with Crippen LogP contribution < -0.4 is 10.1 Å². The van der Waals surface area contributed by atoms with E-state index in [1.807, 2.05) is 30.3 Å². The summed E-state index contributed by atoms with van der Waals surface area (Å²) in [6.07, 6.45) is 0.879. The zero-order valence-electron chi connectivity index (χ0n) is 19.4. The minimum Gasteiger partial charge on any atom is -0.492 e. The number of hydrogen-bond donors (Lipinski definition) is 1. The highest BCUT2D eigenvalue weighted by Gasteiger charge is 2.33. The van der Waals surface area contributed by atoms with Crippen LogP contribution in [0.25, 0.3) is 0 Å². The maximum Gasteiger partial charge on any atom is 0.244 e. The summed E-state index contributed by atoms with van der Waals surface area (Å²) in [5.74, 6) is 0.429.